The minimum atomic E-state index is 0.722. The number of benzene rings is 1. The zero-order valence-electron chi connectivity index (χ0n) is 14.9. The van der Waals surface area contributed by atoms with E-state index in [0.717, 1.165) is 29.6 Å². The Hall–Kier alpha value is -1.88. The van der Waals surface area contributed by atoms with Crippen molar-refractivity contribution in [3.8, 4) is 0 Å². The summed E-state index contributed by atoms with van der Waals surface area (Å²) >= 11 is 5.56. The Balaban J connectivity index is 2.10. The van der Waals surface area contributed by atoms with E-state index in [-0.39, 0.29) is 0 Å². The van der Waals surface area contributed by atoms with Gasteiger partial charge in [-0.3, -0.25) is 4.68 Å². The molecule has 1 aromatic carbocycles. The molecule has 0 aliphatic rings. The number of aromatic nitrogens is 2. The molecular formula is C18H26N4S. The van der Waals surface area contributed by atoms with Gasteiger partial charge in [0.1, 0.15) is 0 Å². The molecule has 0 bridgehead atoms. The summed E-state index contributed by atoms with van der Waals surface area (Å²) in [7, 11) is 2.01. The third-order valence-corrected chi connectivity index (χ3v) is 4.61. The van der Waals surface area contributed by atoms with Gasteiger partial charge in [0.15, 0.2) is 5.11 Å². The van der Waals surface area contributed by atoms with Crippen LogP contribution in [0.5, 0.6) is 0 Å². The standard InChI is InChI=1S/C18H26N4S/c1-7-22-15(5)16(14(4)20-22)11-21(6)18(23)19-17-9-8-12(2)10-13(17)3/h8-10H,7,11H2,1-6H3,(H,19,23). The lowest BCUT2D eigenvalue weighted by molar-refractivity contribution is 0.504. The van der Waals surface area contributed by atoms with Crippen molar-refractivity contribution in [2.45, 2.75) is 47.7 Å². The average Bonchev–Trinajstić information content (AvgIpc) is 2.77. The molecule has 0 saturated carbocycles. The van der Waals surface area contributed by atoms with Crippen molar-refractivity contribution in [2.24, 2.45) is 0 Å². The Morgan fingerprint density at radius 3 is 2.52 bits per heavy atom. The van der Waals surface area contributed by atoms with Gasteiger partial charge in [0, 0.05) is 37.1 Å². The Bertz CT molecular complexity index is 718. The summed E-state index contributed by atoms with van der Waals surface area (Å²) in [6.07, 6.45) is 0. The molecule has 0 fully saturated rings. The molecule has 0 aliphatic heterocycles. The summed E-state index contributed by atoms with van der Waals surface area (Å²) in [5.74, 6) is 0. The van der Waals surface area contributed by atoms with Gasteiger partial charge < -0.3 is 10.2 Å². The predicted molar refractivity (Wildman–Crippen MR) is 101 cm³/mol. The van der Waals surface area contributed by atoms with Crippen LogP contribution in [-0.2, 0) is 13.1 Å². The van der Waals surface area contributed by atoms with Crippen molar-refractivity contribution in [1.82, 2.24) is 14.7 Å². The highest BCUT2D eigenvalue weighted by Crippen LogP contribution is 2.18. The molecule has 4 nitrogen and oxygen atoms in total. The topological polar surface area (TPSA) is 33.1 Å². The third kappa shape index (κ3) is 3.91. The zero-order valence-corrected chi connectivity index (χ0v) is 15.7. The van der Waals surface area contributed by atoms with Gasteiger partial charge in [0.05, 0.1) is 5.69 Å². The molecule has 2 rings (SSSR count). The Morgan fingerprint density at radius 2 is 1.96 bits per heavy atom. The molecule has 0 aliphatic carbocycles. The van der Waals surface area contributed by atoms with Gasteiger partial charge in [0.25, 0.3) is 0 Å². The third-order valence-electron chi connectivity index (χ3n) is 4.20. The molecule has 0 saturated heterocycles. The van der Waals surface area contributed by atoms with Crippen LogP contribution in [0.15, 0.2) is 18.2 Å². The minimum absolute atomic E-state index is 0.722. The highest BCUT2D eigenvalue weighted by Gasteiger charge is 2.14. The molecule has 0 amide bonds. The van der Waals surface area contributed by atoms with Crippen molar-refractivity contribution in [2.75, 3.05) is 12.4 Å². The number of anilines is 1. The molecule has 0 unspecified atom stereocenters. The van der Waals surface area contributed by atoms with Crippen molar-refractivity contribution >= 4 is 23.0 Å². The van der Waals surface area contributed by atoms with Crippen LogP contribution in [0.1, 0.15) is 35.0 Å². The fourth-order valence-corrected chi connectivity index (χ4v) is 2.92. The number of nitrogens with one attached hydrogen (secondary N) is 1. The highest BCUT2D eigenvalue weighted by atomic mass is 32.1. The van der Waals surface area contributed by atoms with Gasteiger partial charge >= 0.3 is 0 Å². The maximum atomic E-state index is 5.56. The molecule has 0 spiro atoms. The van der Waals surface area contributed by atoms with Crippen LogP contribution in [-0.4, -0.2) is 26.8 Å². The molecule has 1 heterocycles. The van der Waals surface area contributed by atoms with E-state index in [1.54, 1.807) is 0 Å². The lowest BCUT2D eigenvalue weighted by Crippen LogP contribution is -2.31. The number of thiocarbonyl (C=S) groups is 1. The second kappa shape index (κ2) is 7.13. The fraction of sp³-hybridized carbons (Fsp3) is 0.444. The molecule has 124 valence electrons. The average molecular weight is 331 g/mol. The lowest BCUT2D eigenvalue weighted by Gasteiger charge is -2.22. The molecule has 1 N–H and O–H groups in total. The number of aryl methyl sites for hydroxylation is 4. The van der Waals surface area contributed by atoms with Gasteiger partial charge in [-0.15, -0.1) is 0 Å². The maximum absolute atomic E-state index is 5.56. The number of hydrogen-bond donors (Lipinski definition) is 1. The van der Waals surface area contributed by atoms with Crippen molar-refractivity contribution < 1.29 is 0 Å². The number of nitrogens with zero attached hydrogens (tertiary/aromatic N) is 3. The quantitative estimate of drug-likeness (QED) is 0.860. The maximum Gasteiger partial charge on any atom is 0.173 e. The molecule has 23 heavy (non-hydrogen) atoms. The SMILES string of the molecule is CCn1nc(C)c(CN(C)C(=S)Nc2ccc(C)cc2C)c1C. The number of rotatable bonds is 4. The first-order chi connectivity index (χ1) is 10.8. The van der Waals surface area contributed by atoms with Crippen LogP contribution < -0.4 is 5.32 Å². The molecule has 5 heteroatoms. The second-order valence-corrected chi connectivity index (χ2v) is 6.46. The summed E-state index contributed by atoms with van der Waals surface area (Å²) in [6.45, 7) is 12.1. The van der Waals surface area contributed by atoms with Crippen molar-refractivity contribution in [3.05, 3.63) is 46.3 Å². The van der Waals surface area contributed by atoms with E-state index in [0.29, 0.717) is 0 Å². The molecule has 0 atom stereocenters. The summed E-state index contributed by atoms with van der Waals surface area (Å²) in [5.41, 5.74) is 7.05. The van der Waals surface area contributed by atoms with Crippen LogP contribution in [0.25, 0.3) is 0 Å². The lowest BCUT2D eigenvalue weighted by atomic mass is 10.1. The van der Waals surface area contributed by atoms with Crippen LogP contribution in [0, 0.1) is 27.7 Å². The minimum Gasteiger partial charge on any atom is -0.348 e. The van der Waals surface area contributed by atoms with E-state index in [9.17, 15) is 0 Å². The molecular weight excluding hydrogens is 304 g/mol. The van der Waals surface area contributed by atoms with Gasteiger partial charge in [0.2, 0.25) is 0 Å². The van der Waals surface area contributed by atoms with Crippen LogP contribution in [0.2, 0.25) is 0 Å². The first-order valence-electron chi connectivity index (χ1n) is 7.95. The first-order valence-corrected chi connectivity index (χ1v) is 8.36. The van der Waals surface area contributed by atoms with Crippen LogP contribution >= 0.6 is 12.2 Å². The van der Waals surface area contributed by atoms with E-state index < -0.39 is 0 Å². The summed E-state index contributed by atoms with van der Waals surface area (Å²) in [5, 5.41) is 8.64. The monoisotopic (exact) mass is 330 g/mol. The van der Waals surface area contributed by atoms with E-state index >= 15 is 0 Å². The van der Waals surface area contributed by atoms with Crippen molar-refractivity contribution in [1.29, 1.82) is 0 Å². The largest absolute Gasteiger partial charge is 0.348 e. The van der Waals surface area contributed by atoms with E-state index in [1.807, 2.05) is 11.7 Å². The summed E-state index contributed by atoms with van der Waals surface area (Å²) in [4.78, 5) is 2.06. The number of hydrogen-bond acceptors (Lipinski definition) is 2. The summed E-state index contributed by atoms with van der Waals surface area (Å²) in [6, 6.07) is 6.33. The summed E-state index contributed by atoms with van der Waals surface area (Å²) < 4.78 is 2.04. The smallest absolute Gasteiger partial charge is 0.173 e. The highest BCUT2D eigenvalue weighted by molar-refractivity contribution is 7.80. The van der Waals surface area contributed by atoms with Gasteiger partial charge in [-0.05, 0) is 58.5 Å². The first kappa shape index (κ1) is 17.5. The van der Waals surface area contributed by atoms with Gasteiger partial charge in [-0.2, -0.15) is 5.10 Å². The second-order valence-electron chi connectivity index (χ2n) is 6.07. The molecule has 2 aromatic rings. The van der Waals surface area contributed by atoms with Crippen LogP contribution in [0.3, 0.4) is 0 Å². The van der Waals surface area contributed by atoms with E-state index in [2.05, 4.69) is 68.1 Å². The Labute approximate surface area is 144 Å². The molecule has 0 radical (unpaired) electrons. The zero-order chi connectivity index (χ0) is 17.1. The van der Waals surface area contributed by atoms with Gasteiger partial charge in [-0.1, -0.05) is 17.7 Å². The normalized spacial score (nSPS) is 10.7. The van der Waals surface area contributed by atoms with Gasteiger partial charge in [-0.25, -0.2) is 0 Å². The van der Waals surface area contributed by atoms with Crippen LogP contribution in [0.4, 0.5) is 5.69 Å². The van der Waals surface area contributed by atoms with E-state index in [4.69, 9.17) is 12.2 Å². The predicted octanol–water partition coefficient (Wildman–Crippen LogP) is 3.97. The van der Waals surface area contributed by atoms with Crippen molar-refractivity contribution in [3.63, 3.8) is 0 Å². The molecule has 1 aromatic heterocycles. The fourth-order valence-electron chi connectivity index (χ4n) is 2.74. The van der Waals surface area contributed by atoms with E-state index in [1.165, 1.54) is 22.4 Å². The Kier molecular flexibility index (Phi) is 5.42. The Morgan fingerprint density at radius 1 is 1.26 bits per heavy atom.